The summed E-state index contributed by atoms with van der Waals surface area (Å²) >= 11 is 0. The fourth-order valence-corrected chi connectivity index (χ4v) is 1.70. The molecule has 3 nitrogen and oxygen atoms in total. The molecule has 1 unspecified atom stereocenters. The van der Waals surface area contributed by atoms with Crippen molar-refractivity contribution in [2.24, 2.45) is 0 Å². The summed E-state index contributed by atoms with van der Waals surface area (Å²) in [6.07, 6.45) is 4.17. The molecule has 1 aromatic rings. The fourth-order valence-electron chi connectivity index (χ4n) is 1.70. The zero-order valence-corrected chi connectivity index (χ0v) is 6.63. The zero-order valence-electron chi connectivity index (χ0n) is 6.63. The predicted molar refractivity (Wildman–Crippen MR) is 41.5 cm³/mol. The van der Waals surface area contributed by atoms with Crippen LogP contribution in [0.1, 0.15) is 23.7 Å². The quantitative estimate of drug-likeness (QED) is 0.685. The summed E-state index contributed by atoms with van der Waals surface area (Å²) in [5, 5.41) is 6.93. The van der Waals surface area contributed by atoms with Crippen molar-refractivity contribution in [2.75, 3.05) is 13.6 Å². The molecule has 0 spiro atoms. The summed E-state index contributed by atoms with van der Waals surface area (Å²) in [5.74, 6) is 1.65. The maximum Gasteiger partial charge on any atom is 0.144 e. The van der Waals surface area contributed by atoms with Crippen molar-refractivity contribution >= 4 is 0 Å². The monoisotopic (exact) mass is 152 g/mol. The van der Waals surface area contributed by atoms with Crippen molar-refractivity contribution in [2.45, 2.75) is 18.8 Å². The summed E-state index contributed by atoms with van der Waals surface area (Å²) in [7, 11) is 1.97. The van der Waals surface area contributed by atoms with Gasteiger partial charge in [-0.1, -0.05) is 5.16 Å². The van der Waals surface area contributed by atoms with E-state index in [9.17, 15) is 0 Å². The molecule has 0 fully saturated rings. The van der Waals surface area contributed by atoms with Crippen molar-refractivity contribution in [3.8, 4) is 0 Å². The van der Waals surface area contributed by atoms with Gasteiger partial charge in [-0.25, -0.2) is 0 Å². The van der Waals surface area contributed by atoms with E-state index in [2.05, 4.69) is 10.5 Å². The van der Waals surface area contributed by atoms with Gasteiger partial charge < -0.3 is 9.84 Å². The molecule has 2 rings (SSSR count). The second kappa shape index (κ2) is 2.66. The van der Waals surface area contributed by atoms with E-state index < -0.39 is 0 Å². The lowest BCUT2D eigenvalue weighted by Crippen LogP contribution is -2.14. The van der Waals surface area contributed by atoms with Crippen LogP contribution in [0.25, 0.3) is 0 Å². The van der Waals surface area contributed by atoms with Gasteiger partial charge in [-0.15, -0.1) is 0 Å². The van der Waals surface area contributed by atoms with E-state index in [1.54, 1.807) is 0 Å². The first-order chi connectivity index (χ1) is 5.42. The molecule has 0 bridgehead atoms. The number of rotatable bonds is 2. The van der Waals surface area contributed by atoms with Crippen LogP contribution >= 0.6 is 0 Å². The van der Waals surface area contributed by atoms with E-state index in [1.807, 2.05) is 13.2 Å². The first kappa shape index (κ1) is 6.85. The molecule has 1 aliphatic rings. The molecule has 1 aromatic heterocycles. The normalized spacial score (nSPS) is 22.1. The molecule has 1 atom stereocenters. The summed E-state index contributed by atoms with van der Waals surface area (Å²) in [5.41, 5.74) is 1.30. The number of fused-ring (bicyclic) bond motifs is 1. The molecule has 1 N–H and O–H groups in total. The molecular weight excluding hydrogens is 140 g/mol. The van der Waals surface area contributed by atoms with Crippen LogP contribution in [0.4, 0.5) is 0 Å². The molecule has 0 radical (unpaired) electrons. The highest BCUT2D eigenvalue weighted by molar-refractivity contribution is 5.23. The van der Waals surface area contributed by atoms with Crippen molar-refractivity contribution in [1.82, 2.24) is 10.5 Å². The largest absolute Gasteiger partial charge is 0.361 e. The van der Waals surface area contributed by atoms with Gasteiger partial charge >= 0.3 is 0 Å². The minimum Gasteiger partial charge on any atom is -0.361 e. The van der Waals surface area contributed by atoms with Gasteiger partial charge in [0.15, 0.2) is 0 Å². The maximum absolute atomic E-state index is 5.15. The SMILES string of the molecule is CNCC1CCc2cnoc21. The Morgan fingerprint density at radius 3 is 3.55 bits per heavy atom. The molecule has 11 heavy (non-hydrogen) atoms. The van der Waals surface area contributed by atoms with E-state index in [0.717, 1.165) is 18.7 Å². The number of hydrogen-bond donors (Lipinski definition) is 1. The number of nitrogens with one attached hydrogen (secondary N) is 1. The Hall–Kier alpha value is -0.830. The van der Waals surface area contributed by atoms with Crippen LogP contribution < -0.4 is 5.32 Å². The third-order valence-corrected chi connectivity index (χ3v) is 2.26. The number of aromatic nitrogens is 1. The van der Waals surface area contributed by atoms with E-state index >= 15 is 0 Å². The highest BCUT2D eigenvalue weighted by Gasteiger charge is 2.25. The Morgan fingerprint density at radius 2 is 2.73 bits per heavy atom. The lowest BCUT2D eigenvalue weighted by Gasteiger charge is -2.05. The van der Waals surface area contributed by atoms with E-state index in [4.69, 9.17) is 4.52 Å². The minimum atomic E-state index is 0.553. The summed E-state index contributed by atoms with van der Waals surface area (Å²) in [6, 6.07) is 0. The lowest BCUT2D eigenvalue weighted by molar-refractivity contribution is 0.359. The number of hydrogen-bond acceptors (Lipinski definition) is 3. The van der Waals surface area contributed by atoms with Crippen LogP contribution in [0, 0.1) is 0 Å². The average molecular weight is 152 g/mol. The molecule has 0 aliphatic heterocycles. The second-order valence-corrected chi connectivity index (χ2v) is 3.01. The van der Waals surface area contributed by atoms with Gasteiger partial charge in [-0.2, -0.15) is 0 Å². The maximum atomic E-state index is 5.15. The molecule has 0 saturated heterocycles. The third-order valence-electron chi connectivity index (χ3n) is 2.26. The first-order valence-corrected chi connectivity index (χ1v) is 4.00. The lowest BCUT2D eigenvalue weighted by atomic mass is 10.1. The topological polar surface area (TPSA) is 38.1 Å². The molecule has 60 valence electrons. The van der Waals surface area contributed by atoms with E-state index in [-0.39, 0.29) is 0 Å². The highest BCUT2D eigenvalue weighted by Crippen LogP contribution is 2.31. The molecule has 0 saturated carbocycles. The van der Waals surface area contributed by atoms with Crippen LogP contribution in [0.15, 0.2) is 10.7 Å². The van der Waals surface area contributed by atoms with Crippen LogP contribution in [-0.4, -0.2) is 18.7 Å². The van der Waals surface area contributed by atoms with Gasteiger partial charge in [0.05, 0.1) is 6.20 Å². The highest BCUT2D eigenvalue weighted by atomic mass is 16.5. The van der Waals surface area contributed by atoms with Crippen LogP contribution in [0.2, 0.25) is 0 Å². The Morgan fingerprint density at radius 1 is 1.82 bits per heavy atom. The second-order valence-electron chi connectivity index (χ2n) is 3.01. The summed E-state index contributed by atoms with van der Waals surface area (Å²) < 4.78 is 5.15. The third kappa shape index (κ3) is 1.05. The Kier molecular flexibility index (Phi) is 1.66. The minimum absolute atomic E-state index is 0.553. The number of likely N-dealkylation sites (N-methyl/N-ethyl adjacent to an activating group) is 1. The number of aryl methyl sites for hydroxylation is 1. The smallest absolute Gasteiger partial charge is 0.144 e. The van der Waals surface area contributed by atoms with E-state index in [1.165, 1.54) is 12.0 Å². The first-order valence-electron chi connectivity index (χ1n) is 4.00. The van der Waals surface area contributed by atoms with Gasteiger partial charge in [0.25, 0.3) is 0 Å². The zero-order chi connectivity index (χ0) is 7.68. The predicted octanol–water partition coefficient (Wildman–Crippen LogP) is 0.924. The van der Waals surface area contributed by atoms with Crippen LogP contribution in [0.5, 0.6) is 0 Å². The molecule has 1 aliphatic carbocycles. The average Bonchev–Trinajstić information content (AvgIpc) is 2.53. The van der Waals surface area contributed by atoms with Crippen molar-refractivity contribution in [3.63, 3.8) is 0 Å². The van der Waals surface area contributed by atoms with Gasteiger partial charge in [-0.3, -0.25) is 0 Å². The van der Waals surface area contributed by atoms with Gasteiger partial charge in [0.2, 0.25) is 0 Å². The van der Waals surface area contributed by atoms with Gasteiger partial charge in [0.1, 0.15) is 5.76 Å². The van der Waals surface area contributed by atoms with Crippen LogP contribution in [-0.2, 0) is 6.42 Å². The Labute approximate surface area is 65.8 Å². The molecular formula is C8H12N2O. The summed E-state index contributed by atoms with van der Waals surface area (Å²) in [6.45, 7) is 1.00. The molecule has 0 amide bonds. The molecule has 0 aromatic carbocycles. The standard InChI is InChI=1S/C8H12N2O/c1-9-4-6-2-3-7-5-10-11-8(6)7/h5-6,9H,2-4H2,1H3. The fraction of sp³-hybridized carbons (Fsp3) is 0.625. The van der Waals surface area contributed by atoms with Crippen molar-refractivity contribution in [3.05, 3.63) is 17.5 Å². The van der Waals surface area contributed by atoms with Crippen LogP contribution in [0.3, 0.4) is 0 Å². The van der Waals surface area contributed by atoms with E-state index in [0.29, 0.717) is 5.92 Å². The Balaban J connectivity index is 2.18. The van der Waals surface area contributed by atoms with Gasteiger partial charge in [0, 0.05) is 18.0 Å². The molecule has 1 heterocycles. The Bertz CT molecular complexity index is 244. The molecule has 3 heteroatoms. The van der Waals surface area contributed by atoms with Crippen molar-refractivity contribution < 1.29 is 4.52 Å². The summed E-state index contributed by atoms with van der Waals surface area (Å²) in [4.78, 5) is 0. The number of nitrogens with zero attached hydrogens (tertiary/aromatic N) is 1. The van der Waals surface area contributed by atoms with Gasteiger partial charge in [-0.05, 0) is 19.9 Å². The van der Waals surface area contributed by atoms with Crippen molar-refractivity contribution in [1.29, 1.82) is 0 Å².